The van der Waals surface area contributed by atoms with Gasteiger partial charge in [0.25, 0.3) is 0 Å². The Kier molecular flexibility index (Phi) is 3.93. The number of fused-ring (bicyclic) bond motifs is 1. The number of benzene rings is 1. The highest BCUT2D eigenvalue weighted by atomic mass is 32.2. The Bertz CT molecular complexity index is 943. The summed E-state index contributed by atoms with van der Waals surface area (Å²) < 4.78 is 33.8. The van der Waals surface area contributed by atoms with Crippen LogP contribution in [0.2, 0.25) is 0 Å². The van der Waals surface area contributed by atoms with Gasteiger partial charge in [0, 0.05) is 16.6 Å². The number of thiazole rings is 1. The highest BCUT2D eigenvalue weighted by Gasteiger charge is 2.42. The van der Waals surface area contributed by atoms with E-state index < -0.39 is 21.5 Å². The van der Waals surface area contributed by atoms with Crippen molar-refractivity contribution in [2.45, 2.75) is 49.6 Å². The molecule has 0 amide bonds. The van der Waals surface area contributed by atoms with Crippen LogP contribution in [0.5, 0.6) is 0 Å². The van der Waals surface area contributed by atoms with Gasteiger partial charge in [0.15, 0.2) is 0 Å². The van der Waals surface area contributed by atoms with E-state index in [4.69, 9.17) is 4.74 Å². The minimum Gasteiger partial charge on any atom is -0.457 e. The molecular formula is C17H18N2O4S2. The number of carbonyl (C=O) groups is 1. The van der Waals surface area contributed by atoms with E-state index in [1.54, 1.807) is 6.07 Å². The number of esters is 1. The quantitative estimate of drug-likeness (QED) is 0.827. The van der Waals surface area contributed by atoms with Crippen molar-refractivity contribution in [3.63, 3.8) is 0 Å². The zero-order chi connectivity index (χ0) is 17.7. The number of hydrogen-bond acceptors (Lipinski definition) is 6. The molecule has 0 atom stereocenters. The molecule has 1 aromatic heterocycles. The summed E-state index contributed by atoms with van der Waals surface area (Å²) in [6.45, 7) is 2.10. The summed E-state index contributed by atoms with van der Waals surface area (Å²) in [5.41, 5.74) is 1.28. The molecule has 0 bridgehead atoms. The Morgan fingerprint density at radius 1 is 1.28 bits per heavy atom. The minimum atomic E-state index is -3.78. The number of nitrogens with zero attached hydrogens (tertiary/aromatic N) is 1. The predicted molar refractivity (Wildman–Crippen MR) is 92.9 cm³/mol. The van der Waals surface area contributed by atoms with Crippen LogP contribution in [0, 0.1) is 6.92 Å². The summed E-state index contributed by atoms with van der Waals surface area (Å²) in [5, 5.41) is 2.75. The molecule has 1 N–H and O–H groups in total. The van der Waals surface area contributed by atoms with Gasteiger partial charge in [-0.1, -0.05) is 18.9 Å². The van der Waals surface area contributed by atoms with E-state index in [9.17, 15) is 13.2 Å². The SMILES string of the molecule is Cc1csc(C2(NS(=O)(=O)c3ccc4c(c3)C(=O)OC4)CCCC2)n1. The van der Waals surface area contributed by atoms with Gasteiger partial charge in [-0.2, -0.15) is 4.72 Å². The van der Waals surface area contributed by atoms with Crippen molar-refractivity contribution in [3.05, 3.63) is 45.4 Å². The summed E-state index contributed by atoms with van der Waals surface area (Å²) in [6.07, 6.45) is 3.37. The van der Waals surface area contributed by atoms with E-state index in [1.165, 1.54) is 23.5 Å². The van der Waals surface area contributed by atoms with E-state index >= 15 is 0 Å². The summed E-state index contributed by atoms with van der Waals surface area (Å²) >= 11 is 1.49. The number of cyclic esters (lactones) is 1. The molecule has 1 aliphatic heterocycles. The summed E-state index contributed by atoms with van der Waals surface area (Å²) in [5.74, 6) is -0.474. The Morgan fingerprint density at radius 2 is 2.04 bits per heavy atom. The first-order valence-corrected chi connectivity index (χ1v) is 10.5. The van der Waals surface area contributed by atoms with E-state index in [-0.39, 0.29) is 11.5 Å². The zero-order valence-corrected chi connectivity index (χ0v) is 15.4. The summed E-state index contributed by atoms with van der Waals surface area (Å²) in [7, 11) is -3.78. The van der Waals surface area contributed by atoms with Crippen molar-refractivity contribution in [2.75, 3.05) is 0 Å². The third kappa shape index (κ3) is 2.88. The maximum absolute atomic E-state index is 13.0. The van der Waals surface area contributed by atoms with Crippen molar-refractivity contribution in [3.8, 4) is 0 Å². The minimum absolute atomic E-state index is 0.0876. The Labute approximate surface area is 150 Å². The molecule has 2 aromatic rings. The monoisotopic (exact) mass is 378 g/mol. The van der Waals surface area contributed by atoms with E-state index in [2.05, 4.69) is 9.71 Å². The van der Waals surface area contributed by atoms with Crippen LogP contribution in [0.1, 0.15) is 52.3 Å². The number of rotatable bonds is 4. The van der Waals surface area contributed by atoms with Crippen LogP contribution in [0.4, 0.5) is 0 Å². The van der Waals surface area contributed by atoms with Gasteiger partial charge in [-0.25, -0.2) is 18.2 Å². The van der Waals surface area contributed by atoms with Crippen molar-refractivity contribution < 1.29 is 17.9 Å². The Hall–Kier alpha value is -1.77. The largest absolute Gasteiger partial charge is 0.457 e. The van der Waals surface area contributed by atoms with E-state index in [0.717, 1.165) is 41.9 Å². The molecule has 0 saturated heterocycles. The van der Waals surface area contributed by atoms with Gasteiger partial charge in [0.1, 0.15) is 11.6 Å². The van der Waals surface area contributed by atoms with E-state index in [1.807, 2.05) is 12.3 Å². The zero-order valence-electron chi connectivity index (χ0n) is 13.7. The molecule has 1 fully saturated rings. The number of sulfonamides is 1. The van der Waals surface area contributed by atoms with Crippen molar-refractivity contribution in [1.29, 1.82) is 0 Å². The standard InChI is InChI=1S/C17H18N2O4S2/c1-11-10-24-16(18-11)17(6-2-3-7-17)19-25(21,22)13-5-4-12-9-23-15(20)14(12)8-13/h4-5,8,10,19H,2-3,6-7,9H2,1H3. The fraction of sp³-hybridized carbons (Fsp3) is 0.412. The molecule has 1 aliphatic carbocycles. The molecule has 0 spiro atoms. The molecule has 1 aromatic carbocycles. The van der Waals surface area contributed by atoms with Gasteiger partial charge >= 0.3 is 5.97 Å². The molecule has 0 unspecified atom stereocenters. The predicted octanol–water partition coefficient (Wildman–Crippen LogP) is 2.87. The second kappa shape index (κ2) is 5.89. The van der Waals surface area contributed by atoms with Gasteiger partial charge < -0.3 is 4.74 Å². The molecule has 25 heavy (non-hydrogen) atoms. The Balaban J connectivity index is 1.71. The lowest BCUT2D eigenvalue weighted by atomic mass is 10.0. The van der Waals surface area contributed by atoms with Gasteiger partial charge in [0.2, 0.25) is 10.0 Å². The maximum atomic E-state index is 13.0. The number of carbonyl (C=O) groups excluding carboxylic acids is 1. The first-order chi connectivity index (χ1) is 11.9. The fourth-order valence-electron chi connectivity index (χ4n) is 3.49. The second-order valence-corrected chi connectivity index (χ2v) is 9.12. The van der Waals surface area contributed by atoms with Crippen LogP contribution in [-0.2, 0) is 26.9 Å². The lowest BCUT2D eigenvalue weighted by Gasteiger charge is -2.27. The number of nitrogens with one attached hydrogen (secondary N) is 1. The second-order valence-electron chi connectivity index (χ2n) is 6.58. The van der Waals surface area contributed by atoms with Crippen molar-refractivity contribution in [1.82, 2.24) is 9.71 Å². The van der Waals surface area contributed by atoms with Crippen LogP contribution in [0.15, 0.2) is 28.5 Å². The number of hydrogen-bond donors (Lipinski definition) is 1. The number of ether oxygens (including phenoxy) is 1. The van der Waals surface area contributed by atoms with Gasteiger partial charge in [0.05, 0.1) is 16.0 Å². The normalized spacial score (nSPS) is 19.0. The lowest BCUT2D eigenvalue weighted by Crippen LogP contribution is -2.43. The van der Waals surface area contributed by atoms with Gasteiger partial charge in [-0.3, -0.25) is 0 Å². The van der Waals surface area contributed by atoms with Crippen LogP contribution in [0.25, 0.3) is 0 Å². The highest BCUT2D eigenvalue weighted by Crippen LogP contribution is 2.41. The third-order valence-electron chi connectivity index (χ3n) is 4.79. The summed E-state index contributed by atoms with van der Waals surface area (Å²) in [4.78, 5) is 16.3. The molecule has 4 rings (SSSR count). The average molecular weight is 378 g/mol. The smallest absolute Gasteiger partial charge is 0.338 e. The molecule has 2 heterocycles. The molecule has 2 aliphatic rings. The van der Waals surface area contributed by atoms with Crippen LogP contribution >= 0.6 is 11.3 Å². The van der Waals surface area contributed by atoms with Crippen LogP contribution in [0.3, 0.4) is 0 Å². The number of aryl methyl sites for hydroxylation is 1. The first kappa shape index (κ1) is 16.7. The molecular weight excluding hydrogens is 360 g/mol. The fourth-order valence-corrected chi connectivity index (χ4v) is 6.02. The average Bonchev–Trinajstić information content (AvgIpc) is 3.29. The molecule has 8 heteroatoms. The molecule has 6 nitrogen and oxygen atoms in total. The molecule has 0 radical (unpaired) electrons. The topological polar surface area (TPSA) is 85.4 Å². The molecule has 1 saturated carbocycles. The maximum Gasteiger partial charge on any atom is 0.338 e. The summed E-state index contributed by atoms with van der Waals surface area (Å²) in [6, 6.07) is 4.57. The lowest BCUT2D eigenvalue weighted by molar-refractivity contribution is 0.0535. The van der Waals surface area contributed by atoms with Gasteiger partial charge in [-0.15, -0.1) is 11.3 Å². The van der Waals surface area contributed by atoms with Crippen molar-refractivity contribution >= 4 is 27.3 Å². The third-order valence-corrected chi connectivity index (χ3v) is 7.48. The van der Waals surface area contributed by atoms with Crippen molar-refractivity contribution in [2.24, 2.45) is 0 Å². The highest BCUT2D eigenvalue weighted by molar-refractivity contribution is 7.89. The van der Waals surface area contributed by atoms with Crippen LogP contribution < -0.4 is 4.72 Å². The Morgan fingerprint density at radius 3 is 2.72 bits per heavy atom. The number of aromatic nitrogens is 1. The molecule has 132 valence electrons. The van der Waals surface area contributed by atoms with Crippen LogP contribution in [-0.4, -0.2) is 19.4 Å². The van der Waals surface area contributed by atoms with Gasteiger partial charge in [-0.05, 0) is 31.9 Å². The van der Waals surface area contributed by atoms with E-state index in [0.29, 0.717) is 5.56 Å². The first-order valence-electron chi connectivity index (χ1n) is 8.16.